The van der Waals surface area contributed by atoms with E-state index in [1.165, 1.54) is 69.8 Å². The lowest BCUT2D eigenvalue weighted by Gasteiger charge is -2.05. The van der Waals surface area contributed by atoms with Crippen LogP contribution in [-0.4, -0.2) is 0 Å². The Balaban J connectivity index is 1.97. The van der Waals surface area contributed by atoms with E-state index in [2.05, 4.69) is 6.92 Å². The second-order valence-corrected chi connectivity index (χ2v) is 5.94. The van der Waals surface area contributed by atoms with Crippen LogP contribution in [0.1, 0.15) is 76.7 Å². The van der Waals surface area contributed by atoms with Crippen molar-refractivity contribution in [2.75, 3.05) is 11.5 Å². The predicted octanol–water partition coefficient (Wildman–Crippen LogP) is 5.31. The van der Waals surface area contributed by atoms with E-state index in [0.717, 1.165) is 17.8 Å². The summed E-state index contributed by atoms with van der Waals surface area (Å²) < 4.78 is 0. The maximum absolute atomic E-state index is 5.80. The fourth-order valence-electron chi connectivity index (χ4n) is 2.71. The highest BCUT2D eigenvalue weighted by molar-refractivity contribution is 5.54. The molecule has 0 saturated heterocycles. The first-order valence-corrected chi connectivity index (χ1v) is 8.37. The summed E-state index contributed by atoms with van der Waals surface area (Å²) >= 11 is 0. The van der Waals surface area contributed by atoms with Crippen molar-refractivity contribution in [1.29, 1.82) is 0 Å². The quantitative estimate of drug-likeness (QED) is 0.425. The van der Waals surface area contributed by atoms with Crippen LogP contribution < -0.4 is 11.5 Å². The Bertz CT molecular complexity index is 340. The van der Waals surface area contributed by atoms with Gasteiger partial charge in [0.25, 0.3) is 0 Å². The van der Waals surface area contributed by atoms with Gasteiger partial charge in [0.15, 0.2) is 0 Å². The zero-order valence-corrected chi connectivity index (χ0v) is 13.2. The normalized spacial score (nSPS) is 10.8. The molecule has 2 heteroatoms. The van der Waals surface area contributed by atoms with Gasteiger partial charge in [-0.25, -0.2) is 0 Å². The number of anilines is 2. The van der Waals surface area contributed by atoms with Gasteiger partial charge < -0.3 is 11.5 Å². The van der Waals surface area contributed by atoms with Crippen molar-refractivity contribution in [2.24, 2.45) is 0 Å². The van der Waals surface area contributed by atoms with Crippen molar-refractivity contribution >= 4 is 11.4 Å². The van der Waals surface area contributed by atoms with Crippen molar-refractivity contribution in [1.82, 2.24) is 0 Å². The van der Waals surface area contributed by atoms with Crippen molar-refractivity contribution in [3.05, 3.63) is 23.8 Å². The standard InChI is InChI=1S/C18H32N2/c1-2-3-4-5-6-7-8-9-10-11-12-16-13-17(19)15-18(20)14-16/h13-15H,2-12,19-20H2,1H3. The monoisotopic (exact) mass is 276 g/mol. The van der Waals surface area contributed by atoms with Crippen molar-refractivity contribution in [3.63, 3.8) is 0 Å². The predicted molar refractivity (Wildman–Crippen MR) is 90.8 cm³/mol. The van der Waals surface area contributed by atoms with E-state index in [0.29, 0.717) is 0 Å². The molecule has 2 nitrogen and oxygen atoms in total. The van der Waals surface area contributed by atoms with Crippen LogP contribution in [0.4, 0.5) is 11.4 Å². The van der Waals surface area contributed by atoms with Gasteiger partial charge in [0.05, 0.1) is 0 Å². The third kappa shape index (κ3) is 8.08. The molecule has 0 fully saturated rings. The highest BCUT2D eigenvalue weighted by Gasteiger charge is 1.98. The molecule has 20 heavy (non-hydrogen) atoms. The molecule has 114 valence electrons. The van der Waals surface area contributed by atoms with Crippen LogP contribution in [0.5, 0.6) is 0 Å². The molecule has 0 bridgehead atoms. The molecule has 0 spiro atoms. The Labute approximate surface area is 124 Å². The Kier molecular flexibility index (Phi) is 8.93. The molecule has 0 aliphatic rings. The molecule has 0 radical (unpaired) electrons. The first kappa shape index (κ1) is 16.9. The number of benzene rings is 1. The SMILES string of the molecule is CCCCCCCCCCCCc1cc(N)cc(N)c1. The zero-order valence-electron chi connectivity index (χ0n) is 13.2. The van der Waals surface area contributed by atoms with Crippen LogP contribution in [0.2, 0.25) is 0 Å². The van der Waals surface area contributed by atoms with Gasteiger partial charge in [-0.05, 0) is 36.6 Å². The average Bonchev–Trinajstić information content (AvgIpc) is 2.40. The van der Waals surface area contributed by atoms with Crippen molar-refractivity contribution < 1.29 is 0 Å². The Morgan fingerprint density at radius 1 is 0.650 bits per heavy atom. The summed E-state index contributed by atoms with van der Waals surface area (Å²) in [7, 11) is 0. The highest BCUT2D eigenvalue weighted by atomic mass is 14.6. The maximum Gasteiger partial charge on any atom is 0.0337 e. The fraction of sp³-hybridized carbons (Fsp3) is 0.667. The van der Waals surface area contributed by atoms with Gasteiger partial charge in [-0.2, -0.15) is 0 Å². The van der Waals surface area contributed by atoms with Gasteiger partial charge in [0, 0.05) is 11.4 Å². The fourth-order valence-corrected chi connectivity index (χ4v) is 2.71. The zero-order chi connectivity index (χ0) is 14.6. The molecule has 0 aromatic heterocycles. The van der Waals surface area contributed by atoms with Crippen molar-refractivity contribution in [2.45, 2.75) is 77.6 Å². The Hall–Kier alpha value is -1.18. The van der Waals surface area contributed by atoms with Gasteiger partial charge in [-0.1, -0.05) is 64.7 Å². The molecular weight excluding hydrogens is 244 g/mol. The van der Waals surface area contributed by atoms with E-state index in [4.69, 9.17) is 11.5 Å². The van der Waals surface area contributed by atoms with Gasteiger partial charge in [0.1, 0.15) is 0 Å². The molecule has 0 aliphatic heterocycles. The number of hydrogen-bond donors (Lipinski definition) is 2. The van der Waals surface area contributed by atoms with Gasteiger partial charge in [-0.15, -0.1) is 0 Å². The van der Waals surface area contributed by atoms with E-state index < -0.39 is 0 Å². The van der Waals surface area contributed by atoms with E-state index >= 15 is 0 Å². The number of rotatable bonds is 11. The minimum Gasteiger partial charge on any atom is -0.399 e. The third-order valence-corrected chi connectivity index (χ3v) is 3.86. The van der Waals surface area contributed by atoms with E-state index in [9.17, 15) is 0 Å². The molecule has 0 unspecified atom stereocenters. The first-order valence-electron chi connectivity index (χ1n) is 8.37. The maximum atomic E-state index is 5.80. The number of nitrogens with two attached hydrogens (primary N) is 2. The lowest BCUT2D eigenvalue weighted by atomic mass is 10.0. The number of nitrogen functional groups attached to an aromatic ring is 2. The summed E-state index contributed by atoms with van der Waals surface area (Å²) in [5, 5.41) is 0. The summed E-state index contributed by atoms with van der Waals surface area (Å²) in [5.74, 6) is 0. The summed E-state index contributed by atoms with van der Waals surface area (Å²) in [5.41, 5.74) is 14.4. The van der Waals surface area contributed by atoms with Crippen LogP contribution in [0.25, 0.3) is 0 Å². The molecule has 1 aromatic carbocycles. The van der Waals surface area contributed by atoms with E-state index in [1.807, 2.05) is 18.2 Å². The van der Waals surface area contributed by atoms with E-state index in [1.54, 1.807) is 0 Å². The van der Waals surface area contributed by atoms with Crippen LogP contribution in [0.15, 0.2) is 18.2 Å². The lowest BCUT2D eigenvalue weighted by molar-refractivity contribution is 0.556. The molecule has 0 atom stereocenters. The summed E-state index contributed by atoms with van der Waals surface area (Å²) in [6, 6.07) is 5.91. The average molecular weight is 276 g/mol. The summed E-state index contributed by atoms with van der Waals surface area (Å²) in [6.45, 7) is 2.27. The number of aryl methyl sites for hydroxylation is 1. The summed E-state index contributed by atoms with van der Waals surface area (Å²) in [4.78, 5) is 0. The molecule has 1 aromatic rings. The first-order chi connectivity index (χ1) is 9.72. The van der Waals surface area contributed by atoms with Gasteiger partial charge in [0.2, 0.25) is 0 Å². The van der Waals surface area contributed by atoms with Crippen LogP contribution in [-0.2, 0) is 6.42 Å². The molecule has 1 rings (SSSR count). The Morgan fingerprint density at radius 3 is 1.60 bits per heavy atom. The van der Waals surface area contributed by atoms with Crippen LogP contribution in [0.3, 0.4) is 0 Å². The lowest BCUT2D eigenvalue weighted by Crippen LogP contribution is -1.94. The second kappa shape index (κ2) is 10.6. The smallest absolute Gasteiger partial charge is 0.0337 e. The second-order valence-electron chi connectivity index (χ2n) is 5.94. The largest absolute Gasteiger partial charge is 0.399 e. The summed E-state index contributed by atoms with van der Waals surface area (Å²) in [6.07, 6.45) is 14.9. The molecular formula is C18H32N2. The topological polar surface area (TPSA) is 52.0 Å². The Morgan fingerprint density at radius 2 is 1.10 bits per heavy atom. The minimum absolute atomic E-state index is 0.784. The van der Waals surface area contributed by atoms with Gasteiger partial charge in [-0.3, -0.25) is 0 Å². The van der Waals surface area contributed by atoms with Crippen LogP contribution >= 0.6 is 0 Å². The van der Waals surface area contributed by atoms with E-state index in [-0.39, 0.29) is 0 Å². The van der Waals surface area contributed by atoms with Crippen LogP contribution in [0, 0.1) is 0 Å². The molecule has 4 N–H and O–H groups in total. The highest BCUT2D eigenvalue weighted by Crippen LogP contribution is 2.17. The minimum atomic E-state index is 0.784. The molecule has 0 saturated carbocycles. The molecule has 0 heterocycles. The molecule has 0 aliphatic carbocycles. The third-order valence-electron chi connectivity index (χ3n) is 3.86. The number of hydrogen-bond acceptors (Lipinski definition) is 2. The molecule has 0 amide bonds. The van der Waals surface area contributed by atoms with Crippen molar-refractivity contribution in [3.8, 4) is 0 Å². The van der Waals surface area contributed by atoms with Gasteiger partial charge >= 0.3 is 0 Å². The number of unbranched alkanes of at least 4 members (excludes halogenated alkanes) is 9.